The maximum atomic E-state index is 10.8. The zero-order valence-electron chi connectivity index (χ0n) is 8.83. The molecule has 0 saturated carbocycles. The van der Waals surface area contributed by atoms with Gasteiger partial charge < -0.3 is 9.67 Å². The lowest BCUT2D eigenvalue weighted by Crippen LogP contribution is -1.90. The van der Waals surface area contributed by atoms with Gasteiger partial charge in [0.15, 0.2) is 0 Å². The molecule has 0 saturated heterocycles. The van der Waals surface area contributed by atoms with E-state index < -0.39 is 5.97 Å². The molecule has 0 radical (unpaired) electrons. The van der Waals surface area contributed by atoms with Crippen LogP contribution >= 0.6 is 11.3 Å². The first kappa shape index (κ1) is 10.1. The molecule has 17 heavy (non-hydrogen) atoms. The number of carbonyl (C=O) groups is 1. The first-order valence-electron chi connectivity index (χ1n) is 5.15. The third-order valence-electron chi connectivity index (χ3n) is 2.64. The molecule has 4 heteroatoms. The number of aromatic carboxylic acids is 1. The predicted octanol–water partition coefficient (Wildman–Crippen LogP) is 3.39. The summed E-state index contributed by atoms with van der Waals surface area (Å²) in [7, 11) is 0. The van der Waals surface area contributed by atoms with Crippen LogP contribution in [0.15, 0.2) is 48.7 Å². The second-order valence-corrected chi connectivity index (χ2v) is 4.75. The average Bonchev–Trinajstić information content (AvgIpc) is 2.95. The Morgan fingerprint density at radius 3 is 2.71 bits per heavy atom. The Kier molecular flexibility index (Phi) is 2.23. The number of thiophene rings is 1. The van der Waals surface area contributed by atoms with E-state index in [9.17, 15) is 4.79 Å². The summed E-state index contributed by atoms with van der Waals surface area (Å²) in [5, 5.41) is 11.0. The number of aromatic nitrogens is 1. The Morgan fingerprint density at radius 1 is 1.12 bits per heavy atom. The molecule has 2 aromatic heterocycles. The van der Waals surface area contributed by atoms with E-state index in [0.29, 0.717) is 4.88 Å². The molecular formula is C13H9NO2S. The lowest BCUT2D eigenvalue weighted by molar-refractivity contribution is 0.0702. The molecule has 0 aliphatic carbocycles. The molecule has 3 rings (SSSR count). The summed E-state index contributed by atoms with van der Waals surface area (Å²) in [5.74, 6) is -0.877. The quantitative estimate of drug-likeness (QED) is 0.749. The van der Waals surface area contributed by atoms with E-state index >= 15 is 0 Å². The summed E-state index contributed by atoms with van der Waals surface area (Å²) in [6.45, 7) is 0. The molecule has 0 unspecified atom stereocenters. The number of fused-ring (bicyclic) bond motifs is 1. The van der Waals surface area contributed by atoms with Gasteiger partial charge >= 0.3 is 5.97 Å². The fraction of sp³-hybridized carbons (Fsp3) is 0. The van der Waals surface area contributed by atoms with Crippen LogP contribution < -0.4 is 0 Å². The second-order valence-electron chi connectivity index (χ2n) is 3.69. The van der Waals surface area contributed by atoms with Gasteiger partial charge in [0.05, 0.1) is 5.52 Å². The van der Waals surface area contributed by atoms with E-state index in [1.807, 2.05) is 47.2 Å². The molecular weight excluding hydrogens is 234 g/mol. The minimum atomic E-state index is -0.877. The number of rotatable bonds is 2. The van der Waals surface area contributed by atoms with Crippen molar-refractivity contribution in [3.8, 4) is 5.00 Å². The summed E-state index contributed by atoms with van der Waals surface area (Å²) < 4.78 is 2.01. The highest BCUT2D eigenvalue weighted by Crippen LogP contribution is 2.25. The fourth-order valence-corrected chi connectivity index (χ4v) is 2.69. The Hall–Kier alpha value is -2.07. The van der Waals surface area contributed by atoms with Gasteiger partial charge in [-0.25, -0.2) is 4.79 Å². The molecule has 0 atom stereocenters. The third kappa shape index (κ3) is 1.62. The Bertz CT molecular complexity index is 696. The van der Waals surface area contributed by atoms with E-state index in [0.717, 1.165) is 15.9 Å². The third-order valence-corrected chi connectivity index (χ3v) is 3.71. The van der Waals surface area contributed by atoms with E-state index in [2.05, 4.69) is 0 Å². The van der Waals surface area contributed by atoms with Crippen LogP contribution in [-0.4, -0.2) is 15.6 Å². The molecule has 0 amide bonds. The summed E-state index contributed by atoms with van der Waals surface area (Å²) in [6.07, 6.45) is 1.96. The van der Waals surface area contributed by atoms with Crippen molar-refractivity contribution in [2.75, 3.05) is 0 Å². The van der Waals surface area contributed by atoms with Crippen molar-refractivity contribution in [1.29, 1.82) is 0 Å². The van der Waals surface area contributed by atoms with Crippen LogP contribution in [0.4, 0.5) is 0 Å². The Balaban J connectivity index is 2.17. The minimum Gasteiger partial charge on any atom is -0.477 e. The van der Waals surface area contributed by atoms with Gasteiger partial charge in [-0.3, -0.25) is 0 Å². The summed E-state index contributed by atoms with van der Waals surface area (Å²) in [6, 6.07) is 13.5. The highest BCUT2D eigenvalue weighted by molar-refractivity contribution is 7.16. The van der Waals surface area contributed by atoms with E-state index in [1.165, 1.54) is 11.3 Å². The van der Waals surface area contributed by atoms with E-state index in [-0.39, 0.29) is 0 Å². The Labute approximate surface area is 102 Å². The van der Waals surface area contributed by atoms with Crippen molar-refractivity contribution >= 4 is 28.2 Å². The summed E-state index contributed by atoms with van der Waals surface area (Å²) in [5.41, 5.74) is 1.09. The maximum Gasteiger partial charge on any atom is 0.345 e. The van der Waals surface area contributed by atoms with Crippen LogP contribution in [0.25, 0.3) is 15.9 Å². The first-order chi connectivity index (χ1) is 8.25. The fourth-order valence-electron chi connectivity index (χ4n) is 1.85. The minimum absolute atomic E-state index is 0.359. The SMILES string of the molecule is O=C(O)c1ccc(-n2ccc3ccccc32)s1. The summed E-state index contributed by atoms with van der Waals surface area (Å²) in [4.78, 5) is 11.2. The lowest BCUT2D eigenvalue weighted by atomic mass is 10.2. The predicted molar refractivity (Wildman–Crippen MR) is 68.1 cm³/mol. The molecule has 0 aliphatic heterocycles. The summed E-state index contributed by atoms with van der Waals surface area (Å²) >= 11 is 1.28. The van der Waals surface area contributed by atoms with Crippen LogP contribution in [0.5, 0.6) is 0 Å². The van der Waals surface area contributed by atoms with Crippen molar-refractivity contribution in [3.05, 3.63) is 53.5 Å². The normalized spacial score (nSPS) is 10.8. The van der Waals surface area contributed by atoms with Gasteiger partial charge in [0.2, 0.25) is 0 Å². The highest BCUT2D eigenvalue weighted by Gasteiger charge is 2.09. The molecule has 1 aromatic carbocycles. The lowest BCUT2D eigenvalue weighted by Gasteiger charge is -2.00. The van der Waals surface area contributed by atoms with Crippen LogP contribution in [0.2, 0.25) is 0 Å². The van der Waals surface area contributed by atoms with Gasteiger partial charge in [-0.1, -0.05) is 18.2 Å². The zero-order chi connectivity index (χ0) is 11.8. The topological polar surface area (TPSA) is 42.2 Å². The molecule has 0 fully saturated rings. The van der Waals surface area contributed by atoms with Crippen molar-refractivity contribution in [1.82, 2.24) is 4.57 Å². The molecule has 0 bridgehead atoms. The van der Waals surface area contributed by atoms with Crippen LogP contribution in [0, 0.1) is 0 Å². The van der Waals surface area contributed by atoms with Gasteiger partial charge in [-0.2, -0.15) is 0 Å². The average molecular weight is 243 g/mol. The monoisotopic (exact) mass is 243 g/mol. The number of hydrogen-bond donors (Lipinski definition) is 1. The molecule has 3 nitrogen and oxygen atoms in total. The molecule has 2 heterocycles. The number of carboxylic acids is 1. The van der Waals surface area contributed by atoms with Crippen molar-refractivity contribution in [3.63, 3.8) is 0 Å². The van der Waals surface area contributed by atoms with Crippen LogP contribution in [0.1, 0.15) is 9.67 Å². The molecule has 1 N–H and O–H groups in total. The number of nitrogens with zero attached hydrogens (tertiary/aromatic N) is 1. The van der Waals surface area contributed by atoms with Gasteiger partial charge in [-0.15, -0.1) is 11.3 Å². The van der Waals surface area contributed by atoms with Crippen molar-refractivity contribution in [2.24, 2.45) is 0 Å². The van der Waals surface area contributed by atoms with Gasteiger partial charge in [0.25, 0.3) is 0 Å². The number of carboxylic acid groups (broad SMARTS) is 1. The number of hydrogen-bond acceptors (Lipinski definition) is 2. The second kappa shape index (κ2) is 3.75. The standard InChI is InChI=1S/C13H9NO2S/c15-13(16)11-5-6-12(17-11)14-8-7-9-3-1-2-4-10(9)14/h1-8H,(H,15,16). The van der Waals surface area contributed by atoms with E-state index in [1.54, 1.807) is 6.07 Å². The Morgan fingerprint density at radius 2 is 1.94 bits per heavy atom. The first-order valence-corrected chi connectivity index (χ1v) is 5.97. The van der Waals surface area contributed by atoms with Crippen LogP contribution in [0.3, 0.4) is 0 Å². The molecule has 3 aromatic rings. The maximum absolute atomic E-state index is 10.8. The molecule has 84 valence electrons. The number of para-hydroxylation sites is 1. The van der Waals surface area contributed by atoms with Crippen LogP contribution in [-0.2, 0) is 0 Å². The smallest absolute Gasteiger partial charge is 0.345 e. The molecule has 0 aliphatic rings. The van der Waals surface area contributed by atoms with Gasteiger partial charge in [0, 0.05) is 6.20 Å². The zero-order valence-corrected chi connectivity index (χ0v) is 9.65. The highest BCUT2D eigenvalue weighted by atomic mass is 32.1. The van der Waals surface area contributed by atoms with Gasteiger partial charge in [0.1, 0.15) is 9.88 Å². The molecule has 0 spiro atoms. The largest absolute Gasteiger partial charge is 0.477 e. The van der Waals surface area contributed by atoms with Crippen molar-refractivity contribution in [2.45, 2.75) is 0 Å². The number of benzene rings is 1. The van der Waals surface area contributed by atoms with E-state index in [4.69, 9.17) is 5.11 Å². The van der Waals surface area contributed by atoms with Gasteiger partial charge in [-0.05, 0) is 29.7 Å². The van der Waals surface area contributed by atoms with Crippen molar-refractivity contribution < 1.29 is 9.90 Å².